The SMILES string of the molecule is O=C(NN=Cc1ccncc1)/C(=C/c1ccccc1)NC(=O)c1ccccc1. The van der Waals surface area contributed by atoms with Gasteiger partial charge >= 0.3 is 0 Å². The van der Waals surface area contributed by atoms with E-state index in [1.807, 2.05) is 36.4 Å². The Morgan fingerprint density at radius 1 is 0.821 bits per heavy atom. The summed E-state index contributed by atoms with van der Waals surface area (Å²) in [5, 5.41) is 6.60. The van der Waals surface area contributed by atoms with Crippen LogP contribution in [-0.2, 0) is 4.79 Å². The molecule has 0 bridgehead atoms. The third kappa shape index (κ3) is 5.47. The van der Waals surface area contributed by atoms with E-state index < -0.39 is 5.91 Å². The van der Waals surface area contributed by atoms with E-state index in [-0.39, 0.29) is 11.6 Å². The van der Waals surface area contributed by atoms with Crippen molar-refractivity contribution >= 4 is 24.1 Å². The van der Waals surface area contributed by atoms with E-state index in [2.05, 4.69) is 20.8 Å². The molecule has 2 amide bonds. The van der Waals surface area contributed by atoms with Gasteiger partial charge in [0.05, 0.1) is 6.21 Å². The molecular weight excluding hydrogens is 352 g/mol. The molecule has 1 aromatic heterocycles. The Kier molecular flexibility index (Phi) is 6.41. The molecule has 3 aromatic rings. The number of hydrazone groups is 1. The van der Waals surface area contributed by atoms with Crippen LogP contribution in [-0.4, -0.2) is 23.0 Å². The molecule has 0 saturated heterocycles. The lowest BCUT2D eigenvalue weighted by Gasteiger charge is -2.09. The van der Waals surface area contributed by atoms with Gasteiger partial charge in [-0.3, -0.25) is 14.6 Å². The molecule has 6 heteroatoms. The number of rotatable bonds is 6. The van der Waals surface area contributed by atoms with Gasteiger partial charge in [0.25, 0.3) is 11.8 Å². The lowest BCUT2D eigenvalue weighted by molar-refractivity contribution is -0.117. The molecule has 0 radical (unpaired) electrons. The van der Waals surface area contributed by atoms with Crippen LogP contribution in [0.4, 0.5) is 0 Å². The molecule has 28 heavy (non-hydrogen) atoms. The van der Waals surface area contributed by atoms with Gasteiger partial charge in [-0.1, -0.05) is 48.5 Å². The maximum atomic E-state index is 12.6. The second-order valence-corrected chi connectivity index (χ2v) is 5.77. The maximum absolute atomic E-state index is 12.6. The minimum atomic E-state index is -0.529. The third-order valence-corrected chi connectivity index (χ3v) is 3.73. The number of nitrogens with zero attached hydrogens (tertiary/aromatic N) is 2. The van der Waals surface area contributed by atoms with E-state index in [4.69, 9.17) is 0 Å². The summed E-state index contributed by atoms with van der Waals surface area (Å²) in [5.41, 5.74) is 4.54. The van der Waals surface area contributed by atoms with Crippen molar-refractivity contribution in [3.63, 3.8) is 0 Å². The topological polar surface area (TPSA) is 83.4 Å². The normalized spacial score (nSPS) is 11.2. The number of hydrogen-bond donors (Lipinski definition) is 2. The highest BCUT2D eigenvalue weighted by atomic mass is 16.2. The van der Waals surface area contributed by atoms with Gasteiger partial charge in [-0.2, -0.15) is 5.10 Å². The molecule has 2 aromatic carbocycles. The Bertz CT molecular complexity index is 985. The summed E-state index contributed by atoms with van der Waals surface area (Å²) >= 11 is 0. The Balaban J connectivity index is 1.77. The third-order valence-electron chi connectivity index (χ3n) is 3.73. The van der Waals surface area contributed by atoms with E-state index in [0.717, 1.165) is 11.1 Å². The highest BCUT2D eigenvalue weighted by Crippen LogP contribution is 2.07. The van der Waals surface area contributed by atoms with Gasteiger partial charge in [-0.25, -0.2) is 5.43 Å². The number of pyridine rings is 1. The summed E-state index contributed by atoms with van der Waals surface area (Å²) in [4.78, 5) is 29.0. The molecular formula is C22H18N4O2. The minimum absolute atomic E-state index is 0.0898. The summed E-state index contributed by atoms with van der Waals surface area (Å²) in [6.07, 6.45) is 6.35. The number of amides is 2. The molecule has 0 saturated carbocycles. The van der Waals surface area contributed by atoms with Crippen molar-refractivity contribution in [2.24, 2.45) is 5.10 Å². The summed E-state index contributed by atoms with van der Waals surface area (Å²) in [6, 6.07) is 21.4. The van der Waals surface area contributed by atoms with Crippen LogP contribution in [0.3, 0.4) is 0 Å². The number of aromatic nitrogens is 1. The van der Waals surface area contributed by atoms with Crippen molar-refractivity contribution in [1.82, 2.24) is 15.7 Å². The second kappa shape index (κ2) is 9.59. The quantitative estimate of drug-likeness (QED) is 0.397. The monoisotopic (exact) mass is 370 g/mol. The fourth-order valence-corrected chi connectivity index (χ4v) is 2.33. The predicted octanol–water partition coefficient (Wildman–Crippen LogP) is 3.00. The van der Waals surface area contributed by atoms with Crippen molar-refractivity contribution < 1.29 is 9.59 Å². The molecule has 0 aliphatic rings. The molecule has 0 atom stereocenters. The molecule has 2 N–H and O–H groups in total. The molecule has 6 nitrogen and oxygen atoms in total. The Labute approximate surface area is 162 Å². The molecule has 0 fully saturated rings. The van der Waals surface area contributed by atoms with E-state index >= 15 is 0 Å². The van der Waals surface area contributed by atoms with Crippen molar-refractivity contribution in [2.75, 3.05) is 0 Å². The van der Waals surface area contributed by atoms with Crippen LogP contribution in [0.2, 0.25) is 0 Å². The van der Waals surface area contributed by atoms with Crippen LogP contribution < -0.4 is 10.7 Å². The zero-order valence-electron chi connectivity index (χ0n) is 14.9. The average Bonchev–Trinajstić information content (AvgIpc) is 2.75. The van der Waals surface area contributed by atoms with E-state index in [1.165, 1.54) is 6.21 Å². The van der Waals surface area contributed by atoms with Gasteiger partial charge in [0.15, 0.2) is 0 Å². The van der Waals surface area contributed by atoms with Crippen molar-refractivity contribution in [3.05, 3.63) is 108 Å². The first-order valence-corrected chi connectivity index (χ1v) is 8.59. The Hall–Kier alpha value is -4.06. The smallest absolute Gasteiger partial charge is 0.287 e. The molecule has 0 spiro atoms. The fraction of sp³-hybridized carbons (Fsp3) is 0. The number of benzene rings is 2. The van der Waals surface area contributed by atoms with Gasteiger partial charge in [-0.15, -0.1) is 0 Å². The standard InChI is InChI=1S/C22H18N4O2/c27-21(19-9-5-2-6-10-19)25-20(15-17-7-3-1-4-8-17)22(28)26-24-16-18-11-13-23-14-12-18/h1-16H,(H,25,27)(H,26,28)/b20-15-,24-16?. The van der Waals surface area contributed by atoms with Crippen LogP contribution in [0, 0.1) is 0 Å². The predicted molar refractivity (Wildman–Crippen MR) is 108 cm³/mol. The van der Waals surface area contributed by atoms with Crippen LogP contribution in [0.5, 0.6) is 0 Å². The van der Waals surface area contributed by atoms with E-state index in [0.29, 0.717) is 5.56 Å². The minimum Gasteiger partial charge on any atom is -0.317 e. The van der Waals surface area contributed by atoms with Crippen molar-refractivity contribution in [3.8, 4) is 0 Å². The highest BCUT2D eigenvalue weighted by molar-refractivity contribution is 6.05. The zero-order chi connectivity index (χ0) is 19.6. The van der Waals surface area contributed by atoms with Gasteiger partial charge in [-0.05, 0) is 41.5 Å². The Morgan fingerprint density at radius 2 is 1.46 bits per heavy atom. The Morgan fingerprint density at radius 3 is 2.14 bits per heavy atom. The average molecular weight is 370 g/mol. The molecule has 0 aliphatic carbocycles. The number of carbonyl (C=O) groups excluding carboxylic acids is 2. The van der Waals surface area contributed by atoms with Crippen molar-refractivity contribution in [1.29, 1.82) is 0 Å². The van der Waals surface area contributed by atoms with E-state index in [1.54, 1.807) is 54.9 Å². The molecule has 138 valence electrons. The summed E-state index contributed by atoms with van der Waals surface area (Å²) in [6.45, 7) is 0. The van der Waals surface area contributed by atoms with Gasteiger partial charge in [0, 0.05) is 18.0 Å². The molecule has 1 heterocycles. The fourth-order valence-electron chi connectivity index (χ4n) is 2.33. The maximum Gasteiger partial charge on any atom is 0.287 e. The lowest BCUT2D eigenvalue weighted by Crippen LogP contribution is -2.32. The van der Waals surface area contributed by atoms with E-state index in [9.17, 15) is 9.59 Å². The summed E-state index contributed by atoms with van der Waals surface area (Å²) in [5.74, 6) is -0.908. The van der Waals surface area contributed by atoms with Gasteiger partial charge < -0.3 is 5.32 Å². The lowest BCUT2D eigenvalue weighted by atomic mass is 10.1. The number of hydrogen-bond acceptors (Lipinski definition) is 4. The second-order valence-electron chi connectivity index (χ2n) is 5.77. The molecule has 0 aliphatic heterocycles. The van der Waals surface area contributed by atoms with Gasteiger partial charge in [0.2, 0.25) is 0 Å². The van der Waals surface area contributed by atoms with Gasteiger partial charge in [0.1, 0.15) is 5.70 Å². The molecule has 0 unspecified atom stereocenters. The first-order valence-electron chi connectivity index (χ1n) is 8.59. The van der Waals surface area contributed by atoms with Crippen LogP contribution in [0.15, 0.2) is 96.0 Å². The summed E-state index contributed by atoms with van der Waals surface area (Å²) < 4.78 is 0. The van der Waals surface area contributed by atoms with Crippen molar-refractivity contribution in [2.45, 2.75) is 0 Å². The first kappa shape index (κ1) is 18.7. The van der Waals surface area contributed by atoms with Crippen LogP contribution >= 0.6 is 0 Å². The number of carbonyl (C=O) groups is 2. The van der Waals surface area contributed by atoms with Crippen LogP contribution in [0.25, 0.3) is 6.08 Å². The highest BCUT2D eigenvalue weighted by Gasteiger charge is 2.14. The number of nitrogens with one attached hydrogen (secondary N) is 2. The van der Waals surface area contributed by atoms with Crippen LogP contribution in [0.1, 0.15) is 21.5 Å². The molecule has 3 rings (SSSR count). The first-order chi connectivity index (χ1) is 13.7. The summed E-state index contributed by atoms with van der Waals surface area (Å²) in [7, 11) is 0. The largest absolute Gasteiger partial charge is 0.317 e. The zero-order valence-corrected chi connectivity index (χ0v) is 14.9.